The number of rotatable bonds is 5. The van der Waals surface area contributed by atoms with E-state index in [0.29, 0.717) is 11.5 Å². The molecule has 0 saturated carbocycles. The van der Waals surface area contributed by atoms with Crippen molar-refractivity contribution in [3.05, 3.63) is 41.6 Å². The van der Waals surface area contributed by atoms with E-state index in [-0.39, 0.29) is 5.91 Å². The van der Waals surface area contributed by atoms with Crippen LogP contribution in [0.2, 0.25) is 0 Å². The Kier molecular flexibility index (Phi) is 5.68. The molecule has 2 heterocycles. The van der Waals surface area contributed by atoms with Gasteiger partial charge in [-0.25, -0.2) is 0 Å². The molecule has 1 saturated heterocycles. The fourth-order valence-corrected chi connectivity index (χ4v) is 3.00. The Morgan fingerprint density at radius 3 is 2.54 bits per heavy atom. The number of carbonyl (C=O) groups is 1. The highest BCUT2D eigenvalue weighted by molar-refractivity contribution is 5.92. The molecule has 0 unspecified atom stereocenters. The number of carbonyl (C=O) groups excluding carboxylic acids is 1. The predicted octanol–water partition coefficient (Wildman–Crippen LogP) is 2.31. The van der Waals surface area contributed by atoms with Gasteiger partial charge in [-0.2, -0.15) is 0 Å². The largest absolute Gasteiger partial charge is 0.495 e. The maximum absolute atomic E-state index is 12.6. The summed E-state index contributed by atoms with van der Waals surface area (Å²) in [6, 6.07) is 9.35. The Bertz CT molecular complexity index is 755. The van der Waals surface area contributed by atoms with E-state index in [0.717, 1.165) is 49.7 Å². The molecule has 0 radical (unpaired) electrons. The second-order valence-corrected chi connectivity index (χ2v) is 6.36. The van der Waals surface area contributed by atoms with Crippen molar-refractivity contribution in [2.24, 2.45) is 0 Å². The number of likely N-dealkylation sites (N-methyl/N-ethyl adjacent to an activating group) is 1. The van der Waals surface area contributed by atoms with Crippen LogP contribution in [0.3, 0.4) is 0 Å². The smallest absolute Gasteiger partial charge is 0.274 e. The van der Waals surface area contributed by atoms with E-state index in [1.165, 1.54) is 0 Å². The average Bonchev–Trinajstić information content (AvgIpc) is 2.68. The Labute approximate surface area is 154 Å². The molecule has 7 nitrogen and oxygen atoms in total. The molecule has 7 heteroatoms. The SMILES string of the molecule is CCN1CCN(C(=O)c2ccc(Nc3cc(C)ccc3OC)nn2)CC1. The van der Waals surface area contributed by atoms with Gasteiger partial charge in [-0.3, -0.25) is 4.79 Å². The summed E-state index contributed by atoms with van der Waals surface area (Å²) >= 11 is 0. The molecular weight excluding hydrogens is 330 g/mol. The molecule has 2 aromatic rings. The zero-order valence-electron chi connectivity index (χ0n) is 15.5. The van der Waals surface area contributed by atoms with E-state index in [2.05, 4.69) is 27.3 Å². The number of piperazine rings is 1. The summed E-state index contributed by atoms with van der Waals surface area (Å²) in [5.41, 5.74) is 2.30. The summed E-state index contributed by atoms with van der Waals surface area (Å²) in [5.74, 6) is 1.24. The number of ether oxygens (including phenoxy) is 1. The topological polar surface area (TPSA) is 70.6 Å². The third-order valence-corrected chi connectivity index (χ3v) is 4.61. The molecule has 1 N–H and O–H groups in total. The van der Waals surface area contributed by atoms with Gasteiger partial charge in [-0.15, -0.1) is 10.2 Å². The highest BCUT2D eigenvalue weighted by atomic mass is 16.5. The Hall–Kier alpha value is -2.67. The number of aromatic nitrogens is 2. The first-order valence-corrected chi connectivity index (χ1v) is 8.87. The summed E-state index contributed by atoms with van der Waals surface area (Å²) in [5, 5.41) is 11.5. The van der Waals surface area contributed by atoms with Gasteiger partial charge in [-0.05, 0) is 43.3 Å². The van der Waals surface area contributed by atoms with Crippen LogP contribution >= 0.6 is 0 Å². The van der Waals surface area contributed by atoms with E-state index in [1.807, 2.05) is 30.0 Å². The van der Waals surface area contributed by atoms with Crippen molar-refractivity contribution in [2.75, 3.05) is 45.2 Å². The van der Waals surface area contributed by atoms with E-state index in [1.54, 1.807) is 19.2 Å². The van der Waals surface area contributed by atoms with Crippen LogP contribution < -0.4 is 10.1 Å². The molecule has 26 heavy (non-hydrogen) atoms. The van der Waals surface area contributed by atoms with Crippen LogP contribution in [0, 0.1) is 6.92 Å². The van der Waals surface area contributed by atoms with E-state index in [4.69, 9.17) is 4.74 Å². The van der Waals surface area contributed by atoms with Gasteiger partial charge in [0.15, 0.2) is 11.5 Å². The number of aryl methyl sites for hydroxylation is 1. The highest BCUT2D eigenvalue weighted by Crippen LogP contribution is 2.27. The summed E-state index contributed by atoms with van der Waals surface area (Å²) < 4.78 is 5.36. The van der Waals surface area contributed by atoms with E-state index in [9.17, 15) is 4.79 Å². The van der Waals surface area contributed by atoms with Crippen molar-refractivity contribution < 1.29 is 9.53 Å². The molecule has 0 aliphatic carbocycles. The highest BCUT2D eigenvalue weighted by Gasteiger charge is 2.22. The normalized spacial score (nSPS) is 15.0. The molecule has 1 amide bonds. The van der Waals surface area contributed by atoms with Crippen molar-refractivity contribution in [3.63, 3.8) is 0 Å². The molecule has 1 aromatic heterocycles. The minimum atomic E-state index is -0.0621. The van der Waals surface area contributed by atoms with Crippen LogP contribution in [0.5, 0.6) is 5.75 Å². The molecule has 0 atom stereocenters. The van der Waals surface area contributed by atoms with Gasteiger partial charge in [0, 0.05) is 26.2 Å². The zero-order chi connectivity index (χ0) is 18.5. The van der Waals surface area contributed by atoms with E-state index >= 15 is 0 Å². The van der Waals surface area contributed by atoms with Gasteiger partial charge in [0.25, 0.3) is 5.91 Å². The third kappa shape index (κ3) is 4.11. The maximum Gasteiger partial charge on any atom is 0.274 e. The number of methoxy groups -OCH3 is 1. The number of hydrogen-bond donors (Lipinski definition) is 1. The molecule has 1 aromatic carbocycles. The first-order valence-electron chi connectivity index (χ1n) is 8.87. The van der Waals surface area contributed by atoms with Crippen molar-refractivity contribution in [2.45, 2.75) is 13.8 Å². The van der Waals surface area contributed by atoms with Gasteiger partial charge in [-0.1, -0.05) is 13.0 Å². The molecule has 1 aliphatic heterocycles. The molecule has 1 aliphatic rings. The molecule has 0 bridgehead atoms. The van der Waals surface area contributed by atoms with Crippen molar-refractivity contribution >= 4 is 17.4 Å². The lowest BCUT2D eigenvalue weighted by atomic mass is 10.2. The van der Waals surface area contributed by atoms with Gasteiger partial charge < -0.3 is 19.9 Å². The summed E-state index contributed by atoms with van der Waals surface area (Å²) in [4.78, 5) is 16.7. The maximum atomic E-state index is 12.6. The van der Waals surface area contributed by atoms with E-state index < -0.39 is 0 Å². The fraction of sp³-hybridized carbons (Fsp3) is 0.421. The first kappa shape index (κ1) is 18.1. The summed E-state index contributed by atoms with van der Waals surface area (Å²) in [6.45, 7) is 8.44. The van der Waals surface area contributed by atoms with Gasteiger partial charge >= 0.3 is 0 Å². The lowest BCUT2D eigenvalue weighted by Gasteiger charge is -2.33. The monoisotopic (exact) mass is 355 g/mol. The first-order chi connectivity index (χ1) is 12.6. The number of anilines is 2. The minimum Gasteiger partial charge on any atom is -0.495 e. The number of nitrogens with one attached hydrogen (secondary N) is 1. The Morgan fingerprint density at radius 2 is 1.92 bits per heavy atom. The third-order valence-electron chi connectivity index (χ3n) is 4.61. The number of nitrogens with zero attached hydrogens (tertiary/aromatic N) is 4. The van der Waals surface area contributed by atoms with Gasteiger partial charge in [0.1, 0.15) is 5.75 Å². The zero-order valence-corrected chi connectivity index (χ0v) is 15.5. The van der Waals surface area contributed by atoms with Crippen molar-refractivity contribution in [1.82, 2.24) is 20.0 Å². The van der Waals surface area contributed by atoms with Crippen LogP contribution in [0.1, 0.15) is 23.0 Å². The van der Waals surface area contributed by atoms with Crippen LogP contribution in [0.15, 0.2) is 30.3 Å². The number of hydrogen-bond acceptors (Lipinski definition) is 6. The number of amides is 1. The number of benzene rings is 1. The van der Waals surface area contributed by atoms with Gasteiger partial charge in [0.2, 0.25) is 0 Å². The summed E-state index contributed by atoms with van der Waals surface area (Å²) in [7, 11) is 1.63. The second kappa shape index (κ2) is 8.14. The summed E-state index contributed by atoms with van der Waals surface area (Å²) in [6.07, 6.45) is 0. The van der Waals surface area contributed by atoms with Crippen LogP contribution in [-0.2, 0) is 0 Å². The molecule has 3 rings (SSSR count). The van der Waals surface area contributed by atoms with Crippen LogP contribution in [-0.4, -0.2) is 65.7 Å². The molecule has 1 fully saturated rings. The minimum absolute atomic E-state index is 0.0621. The lowest BCUT2D eigenvalue weighted by Crippen LogP contribution is -2.48. The second-order valence-electron chi connectivity index (χ2n) is 6.36. The average molecular weight is 355 g/mol. The van der Waals surface area contributed by atoms with Crippen LogP contribution in [0.4, 0.5) is 11.5 Å². The fourth-order valence-electron chi connectivity index (χ4n) is 3.00. The molecule has 138 valence electrons. The van der Waals surface area contributed by atoms with Gasteiger partial charge in [0.05, 0.1) is 12.8 Å². The lowest BCUT2D eigenvalue weighted by molar-refractivity contribution is 0.0636. The van der Waals surface area contributed by atoms with Crippen molar-refractivity contribution in [3.8, 4) is 5.75 Å². The molecule has 0 spiro atoms. The predicted molar refractivity (Wildman–Crippen MR) is 101 cm³/mol. The standard InChI is InChI=1S/C19H25N5O2/c1-4-23-9-11-24(12-10-23)19(25)15-6-8-18(22-21-15)20-16-13-14(2)5-7-17(16)26-3/h5-8,13H,4,9-12H2,1-3H3,(H,20,22). The Balaban J connectivity index is 1.67. The van der Waals surface area contributed by atoms with Crippen LogP contribution in [0.25, 0.3) is 0 Å². The van der Waals surface area contributed by atoms with Crippen molar-refractivity contribution in [1.29, 1.82) is 0 Å². The molecular formula is C19H25N5O2. The quantitative estimate of drug-likeness (QED) is 0.888. The Morgan fingerprint density at radius 1 is 1.15 bits per heavy atom.